The largest absolute Gasteiger partial charge is 0.316 e. The van der Waals surface area contributed by atoms with Gasteiger partial charge in [0.1, 0.15) is 0 Å². The monoisotopic (exact) mass is 211 g/mol. The van der Waals surface area contributed by atoms with Gasteiger partial charge in [0.15, 0.2) is 0 Å². The zero-order valence-electron chi connectivity index (χ0n) is 7.47. The molecule has 0 aromatic carbocycles. The number of nitrogens with zero attached hydrogens (tertiary/aromatic N) is 1. The molecule has 1 heterocycles. The van der Waals surface area contributed by atoms with Gasteiger partial charge in [-0.3, -0.25) is 5.10 Å². The van der Waals surface area contributed by atoms with Gasteiger partial charge >= 0.3 is 0 Å². The van der Waals surface area contributed by atoms with Crippen LogP contribution in [0.25, 0.3) is 0 Å². The Kier molecular flexibility index (Phi) is 7.48. The van der Waals surface area contributed by atoms with Gasteiger partial charge in [0.05, 0.1) is 5.69 Å². The summed E-state index contributed by atoms with van der Waals surface area (Å²) in [7, 11) is 1.94. The Balaban J connectivity index is 0. The molecular formula is C7H15Cl2N3. The molecule has 1 rings (SSSR count). The van der Waals surface area contributed by atoms with Gasteiger partial charge in [-0.05, 0) is 20.9 Å². The molecule has 0 spiro atoms. The van der Waals surface area contributed by atoms with Crippen molar-refractivity contribution in [3.63, 3.8) is 0 Å². The summed E-state index contributed by atoms with van der Waals surface area (Å²) in [6, 6.07) is 0. The van der Waals surface area contributed by atoms with Crippen LogP contribution in [-0.2, 0) is 6.54 Å². The van der Waals surface area contributed by atoms with E-state index in [9.17, 15) is 0 Å². The first-order chi connectivity index (χ1) is 4.75. The van der Waals surface area contributed by atoms with Crippen LogP contribution in [0.5, 0.6) is 0 Å². The van der Waals surface area contributed by atoms with Gasteiger partial charge in [-0.2, -0.15) is 5.10 Å². The molecule has 0 unspecified atom stereocenters. The molecule has 0 radical (unpaired) electrons. The molecule has 3 nitrogen and oxygen atoms in total. The second-order valence-electron chi connectivity index (χ2n) is 2.44. The van der Waals surface area contributed by atoms with Gasteiger partial charge in [0.25, 0.3) is 0 Å². The predicted octanol–water partition coefficient (Wildman–Crippen LogP) is 1.59. The van der Waals surface area contributed by atoms with Crippen LogP contribution in [-0.4, -0.2) is 17.2 Å². The van der Waals surface area contributed by atoms with Gasteiger partial charge in [-0.1, -0.05) is 0 Å². The lowest BCUT2D eigenvalue weighted by Crippen LogP contribution is -2.06. The summed E-state index contributed by atoms with van der Waals surface area (Å²) in [4.78, 5) is 0. The first kappa shape index (κ1) is 14.3. The maximum atomic E-state index is 4.07. The third-order valence-corrected chi connectivity index (χ3v) is 1.63. The Labute approximate surface area is 85.1 Å². The number of hydrogen-bond acceptors (Lipinski definition) is 2. The van der Waals surface area contributed by atoms with Crippen molar-refractivity contribution in [3.05, 3.63) is 17.0 Å². The zero-order valence-corrected chi connectivity index (χ0v) is 9.10. The fourth-order valence-electron chi connectivity index (χ4n) is 1.01. The van der Waals surface area contributed by atoms with Crippen molar-refractivity contribution in [3.8, 4) is 0 Å². The van der Waals surface area contributed by atoms with Crippen LogP contribution in [0.3, 0.4) is 0 Å². The van der Waals surface area contributed by atoms with E-state index in [0.29, 0.717) is 0 Å². The lowest BCUT2D eigenvalue weighted by atomic mass is 10.2. The van der Waals surface area contributed by atoms with Crippen molar-refractivity contribution >= 4 is 24.8 Å². The summed E-state index contributed by atoms with van der Waals surface area (Å²) in [5.74, 6) is 0. The Hall–Kier alpha value is -0.250. The first-order valence-electron chi connectivity index (χ1n) is 3.40. The number of aromatic nitrogens is 2. The second kappa shape index (κ2) is 6.29. The van der Waals surface area contributed by atoms with E-state index in [1.807, 2.05) is 20.9 Å². The summed E-state index contributed by atoms with van der Waals surface area (Å²) in [5, 5.41) is 10.1. The Morgan fingerprint density at radius 3 is 2.25 bits per heavy atom. The highest BCUT2D eigenvalue weighted by Gasteiger charge is 2.02. The van der Waals surface area contributed by atoms with Gasteiger partial charge < -0.3 is 5.32 Å². The van der Waals surface area contributed by atoms with Gasteiger partial charge in [0, 0.05) is 17.8 Å². The second-order valence-corrected chi connectivity index (χ2v) is 2.44. The van der Waals surface area contributed by atoms with E-state index >= 15 is 0 Å². The Morgan fingerprint density at radius 1 is 1.33 bits per heavy atom. The molecule has 0 aliphatic rings. The van der Waals surface area contributed by atoms with E-state index in [0.717, 1.165) is 17.9 Å². The molecular weight excluding hydrogens is 197 g/mol. The summed E-state index contributed by atoms with van der Waals surface area (Å²) < 4.78 is 0. The topological polar surface area (TPSA) is 40.7 Å². The Morgan fingerprint density at radius 2 is 1.92 bits per heavy atom. The van der Waals surface area contributed by atoms with Crippen LogP contribution in [0.1, 0.15) is 17.0 Å². The lowest BCUT2D eigenvalue weighted by Gasteiger charge is -1.97. The molecule has 12 heavy (non-hydrogen) atoms. The third kappa shape index (κ3) is 3.01. The van der Waals surface area contributed by atoms with Crippen molar-refractivity contribution < 1.29 is 0 Å². The van der Waals surface area contributed by atoms with Crippen LogP contribution in [0, 0.1) is 13.8 Å². The average molecular weight is 212 g/mol. The fraction of sp³-hybridized carbons (Fsp3) is 0.571. The fourth-order valence-corrected chi connectivity index (χ4v) is 1.01. The summed E-state index contributed by atoms with van der Waals surface area (Å²) in [6.45, 7) is 4.94. The molecule has 72 valence electrons. The molecule has 0 saturated heterocycles. The highest BCUT2D eigenvalue weighted by atomic mass is 35.5. The van der Waals surface area contributed by atoms with Crippen LogP contribution in [0.15, 0.2) is 0 Å². The molecule has 5 heteroatoms. The summed E-state index contributed by atoms with van der Waals surface area (Å²) >= 11 is 0. The van der Waals surface area contributed by atoms with E-state index in [1.165, 1.54) is 5.56 Å². The highest BCUT2D eigenvalue weighted by Crippen LogP contribution is 2.07. The van der Waals surface area contributed by atoms with Crippen LogP contribution < -0.4 is 5.32 Å². The normalized spacial score (nSPS) is 8.58. The smallest absolute Gasteiger partial charge is 0.0638 e. The van der Waals surface area contributed by atoms with Crippen LogP contribution >= 0.6 is 24.8 Å². The van der Waals surface area contributed by atoms with E-state index in [2.05, 4.69) is 15.5 Å². The third-order valence-electron chi connectivity index (χ3n) is 1.63. The summed E-state index contributed by atoms with van der Waals surface area (Å²) in [5.41, 5.74) is 3.53. The van der Waals surface area contributed by atoms with Crippen molar-refractivity contribution in [2.24, 2.45) is 0 Å². The minimum Gasteiger partial charge on any atom is -0.316 e. The predicted molar refractivity (Wildman–Crippen MR) is 55.3 cm³/mol. The number of halogens is 2. The number of H-pyrrole nitrogens is 1. The number of nitrogens with one attached hydrogen (secondary N) is 2. The summed E-state index contributed by atoms with van der Waals surface area (Å²) in [6.07, 6.45) is 0. The highest BCUT2D eigenvalue weighted by molar-refractivity contribution is 5.85. The average Bonchev–Trinajstić information content (AvgIpc) is 2.20. The quantitative estimate of drug-likeness (QED) is 0.781. The van der Waals surface area contributed by atoms with Crippen LogP contribution in [0.4, 0.5) is 0 Å². The minimum atomic E-state index is 0. The van der Waals surface area contributed by atoms with Crippen molar-refractivity contribution in [2.45, 2.75) is 20.4 Å². The van der Waals surface area contributed by atoms with Crippen LogP contribution in [0.2, 0.25) is 0 Å². The Bertz CT molecular complexity index is 203. The molecule has 0 atom stereocenters. The molecule has 0 saturated carbocycles. The molecule has 1 aromatic heterocycles. The molecule has 0 amide bonds. The standard InChI is InChI=1S/C7H13N3.2ClH/c1-5-7(4-8-3)6(2)10-9-5;;/h8H,4H2,1-3H3,(H,9,10);2*1H. The van der Waals surface area contributed by atoms with Crippen molar-refractivity contribution in [1.82, 2.24) is 15.5 Å². The van der Waals surface area contributed by atoms with Crippen molar-refractivity contribution in [2.75, 3.05) is 7.05 Å². The first-order valence-corrected chi connectivity index (χ1v) is 3.40. The molecule has 2 N–H and O–H groups in total. The lowest BCUT2D eigenvalue weighted by molar-refractivity contribution is 0.807. The van der Waals surface area contributed by atoms with Crippen molar-refractivity contribution in [1.29, 1.82) is 0 Å². The van der Waals surface area contributed by atoms with E-state index < -0.39 is 0 Å². The SMILES string of the molecule is CNCc1c(C)n[nH]c1C.Cl.Cl. The molecule has 0 bridgehead atoms. The number of rotatable bonds is 2. The minimum absolute atomic E-state index is 0. The molecule has 0 aliphatic heterocycles. The van der Waals surface area contributed by atoms with Gasteiger partial charge in [-0.25, -0.2) is 0 Å². The van der Waals surface area contributed by atoms with Gasteiger partial charge in [0.2, 0.25) is 0 Å². The van der Waals surface area contributed by atoms with E-state index in [4.69, 9.17) is 0 Å². The van der Waals surface area contributed by atoms with E-state index in [1.54, 1.807) is 0 Å². The number of aromatic amines is 1. The maximum Gasteiger partial charge on any atom is 0.0638 e. The van der Waals surface area contributed by atoms with Gasteiger partial charge in [-0.15, -0.1) is 24.8 Å². The maximum absolute atomic E-state index is 4.07. The molecule has 0 aliphatic carbocycles. The number of hydrogen-bond donors (Lipinski definition) is 2. The number of aryl methyl sites for hydroxylation is 2. The molecule has 1 aromatic rings. The van der Waals surface area contributed by atoms with E-state index in [-0.39, 0.29) is 24.8 Å². The molecule has 0 fully saturated rings. The zero-order chi connectivity index (χ0) is 7.56.